The van der Waals surface area contributed by atoms with Crippen LogP contribution >= 0.6 is 11.6 Å². The first-order valence-electron chi connectivity index (χ1n) is 4.52. The zero-order valence-electron chi connectivity index (χ0n) is 8.57. The van der Waals surface area contributed by atoms with Crippen molar-refractivity contribution in [3.63, 3.8) is 0 Å². The summed E-state index contributed by atoms with van der Waals surface area (Å²) in [5.74, 6) is 0. The van der Waals surface area contributed by atoms with E-state index in [0.29, 0.717) is 5.56 Å². The van der Waals surface area contributed by atoms with Gasteiger partial charge in [0.1, 0.15) is 0 Å². The van der Waals surface area contributed by atoms with Gasteiger partial charge in [0.2, 0.25) is 0 Å². The van der Waals surface area contributed by atoms with E-state index < -0.39 is 15.1 Å². The minimum Gasteiger partial charge on any atom is -0.392 e. The van der Waals surface area contributed by atoms with Crippen molar-refractivity contribution in [3.8, 4) is 0 Å². The standard InChI is InChI=1S/C10H13ClO3S/c1-7(2)15(13,14)10-4-3-8(6-12)5-9(10)11/h3-5,7,12H,6H2,1-2H3. The lowest BCUT2D eigenvalue weighted by Gasteiger charge is -2.10. The van der Waals surface area contributed by atoms with Crippen LogP contribution in [0.3, 0.4) is 0 Å². The minimum absolute atomic E-state index is 0.122. The summed E-state index contributed by atoms with van der Waals surface area (Å²) >= 11 is 5.85. The third-order valence-corrected chi connectivity index (χ3v) is 4.74. The fraction of sp³-hybridized carbons (Fsp3) is 0.400. The highest BCUT2D eigenvalue weighted by Gasteiger charge is 2.21. The Balaban J connectivity index is 3.29. The van der Waals surface area contributed by atoms with Crippen molar-refractivity contribution in [1.82, 2.24) is 0 Å². The lowest BCUT2D eigenvalue weighted by molar-refractivity contribution is 0.282. The molecule has 0 saturated carbocycles. The van der Waals surface area contributed by atoms with Crippen LogP contribution in [0.2, 0.25) is 5.02 Å². The second kappa shape index (κ2) is 4.51. The topological polar surface area (TPSA) is 54.4 Å². The van der Waals surface area contributed by atoms with E-state index in [4.69, 9.17) is 16.7 Å². The highest BCUT2D eigenvalue weighted by molar-refractivity contribution is 7.92. The maximum atomic E-state index is 11.8. The van der Waals surface area contributed by atoms with E-state index >= 15 is 0 Å². The van der Waals surface area contributed by atoms with Gasteiger partial charge in [-0.25, -0.2) is 8.42 Å². The zero-order valence-corrected chi connectivity index (χ0v) is 10.1. The second-order valence-electron chi connectivity index (χ2n) is 3.52. The summed E-state index contributed by atoms with van der Waals surface area (Å²) in [7, 11) is -3.35. The van der Waals surface area contributed by atoms with Gasteiger partial charge in [0.05, 0.1) is 21.8 Å². The SMILES string of the molecule is CC(C)S(=O)(=O)c1ccc(CO)cc1Cl. The molecule has 15 heavy (non-hydrogen) atoms. The molecule has 3 nitrogen and oxygen atoms in total. The number of benzene rings is 1. The molecule has 0 heterocycles. The summed E-state index contributed by atoms with van der Waals surface area (Å²) in [4.78, 5) is 0.122. The molecule has 0 bridgehead atoms. The maximum absolute atomic E-state index is 11.8. The molecule has 0 saturated heterocycles. The number of aliphatic hydroxyl groups is 1. The minimum atomic E-state index is -3.35. The van der Waals surface area contributed by atoms with Crippen LogP contribution in [0, 0.1) is 0 Å². The van der Waals surface area contributed by atoms with Crippen LogP contribution in [0.25, 0.3) is 0 Å². The molecule has 1 aromatic carbocycles. The summed E-state index contributed by atoms with van der Waals surface area (Å²) in [6.45, 7) is 3.05. The van der Waals surface area contributed by atoms with Gasteiger partial charge in [-0.3, -0.25) is 0 Å². The van der Waals surface area contributed by atoms with Gasteiger partial charge in [-0.2, -0.15) is 0 Å². The third-order valence-electron chi connectivity index (χ3n) is 2.11. The number of rotatable bonds is 3. The average molecular weight is 249 g/mol. The molecule has 84 valence electrons. The number of hydrogen-bond acceptors (Lipinski definition) is 3. The fourth-order valence-electron chi connectivity index (χ4n) is 1.13. The van der Waals surface area contributed by atoms with Crippen LogP contribution in [0.15, 0.2) is 23.1 Å². The van der Waals surface area contributed by atoms with Crippen molar-refractivity contribution in [3.05, 3.63) is 28.8 Å². The summed E-state index contributed by atoms with van der Waals surface area (Å²) in [5, 5.41) is 8.51. The van der Waals surface area contributed by atoms with Crippen molar-refractivity contribution in [2.24, 2.45) is 0 Å². The van der Waals surface area contributed by atoms with E-state index in [1.165, 1.54) is 12.1 Å². The molecule has 0 amide bonds. The molecule has 1 aromatic rings. The molecular weight excluding hydrogens is 236 g/mol. The van der Waals surface area contributed by atoms with Gasteiger partial charge >= 0.3 is 0 Å². The Morgan fingerprint density at radius 2 is 2.00 bits per heavy atom. The summed E-state index contributed by atoms with van der Waals surface area (Å²) in [6.07, 6.45) is 0. The van der Waals surface area contributed by atoms with Crippen LogP contribution in [0.5, 0.6) is 0 Å². The molecule has 5 heteroatoms. The van der Waals surface area contributed by atoms with E-state index in [2.05, 4.69) is 0 Å². The Bertz CT molecular complexity index is 452. The highest BCUT2D eigenvalue weighted by atomic mass is 35.5. The Morgan fingerprint density at radius 1 is 1.40 bits per heavy atom. The largest absolute Gasteiger partial charge is 0.392 e. The van der Waals surface area contributed by atoms with E-state index in [1.54, 1.807) is 19.9 Å². The molecule has 0 aliphatic carbocycles. The predicted molar refractivity (Wildman–Crippen MR) is 59.7 cm³/mol. The molecule has 0 atom stereocenters. The number of hydrogen-bond donors (Lipinski definition) is 1. The van der Waals surface area contributed by atoms with Crippen LogP contribution in [0.4, 0.5) is 0 Å². The van der Waals surface area contributed by atoms with Crippen molar-refractivity contribution >= 4 is 21.4 Å². The van der Waals surface area contributed by atoms with Gasteiger partial charge in [0.25, 0.3) is 0 Å². The molecule has 0 aliphatic rings. The van der Waals surface area contributed by atoms with Gasteiger partial charge in [-0.1, -0.05) is 17.7 Å². The third kappa shape index (κ3) is 2.51. The summed E-state index contributed by atoms with van der Waals surface area (Å²) < 4.78 is 23.6. The first-order chi connectivity index (χ1) is 6.89. The monoisotopic (exact) mass is 248 g/mol. The van der Waals surface area contributed by atoms with Crippen LogP contribution in [0.1, 0.15) is 19.4 Å². The van der Waals surface area contributed by atoms with E-state index in [0.717, 1.165) is 0 Å². The smallest absolute Gasteiger partial charge is 0.182 e. The first-order valence-corrected chi connectivity index (χ1v) is 6.45. The normalized spacial score (nSPS) is 12.1. The lowest BCUT2D eigenvalue weighted by Crippen LogP contribution is -2.14. The molecule has 0 aromatic heterocycles. The Labute approximate surface area is 94.6 Å². The number of sulfone groups is 1. The zero-order chi connectivity index (χ0) is 11.6. The van der Waals surface area contributed by atoms with E-state index in [1.807, 2.05) is 0 Å². The van der Waals surface area contributed by atoms with E-state index in [-0.39, 0.29) is 16.5 Å². The van der Waals surface area contributed by atoms with Gasteiger partial charge < -0.3 is 5.11 Å². The van der Waals surface area contributed by atoms with Crippen molar-refractivity contribution in [1.29, 1.82) is 0 Å². The maximum Gasteiger partial charge on any atom is 0.182 e. The molecule has 0 radical (unpaired) electrons. The van der Waals surface area contributed by atoms with Gasteiger partial charge in [0, 0.05) is 0 Å². The van der Waals surface area contributed by atoms with Crippen molar-refractivity contribution in [2.45, 2.75) is 30.6 Å². The molecule has 0 unspecified atom stereocenters. The summed E-state index contributed by atoms with van der Waals surface area (Å²) in [6, 6.07) is 4.46. The lowest BCUT2D eigenvalue weighted by atomic mass is 10.2. The molecule has 0 spiro atoms. The number of aliphatic hydroxyl groups excluding tert-OH is 1. The number of halogens is 1. The first kappa shape index (κ1) is 12.5. The predicted octanol–water partition coefficient (Wildman–Crippen LogP) is 2.01. The second-order valence-corrected chi connectivity index (χ2v) is 6.40. The molecule has 1 N–H and O–H groups in total. The van der Waals surface area contributed by atoms with Gasteiger partial charge in [0.15, 0.2) is 9.84 Å². The fourth-order valence-corrected chi connectivity index (χ4v) is 2.75. The molecular formula is C10H13ClO3S. The van der Waals surface area contributed by atoms with Crippen molar-refractivity contribution in [2.75, 3.05) is 0 Å². The molecule has 0 fully saturated rings. The van der Waals surface area contributed by atoms with E-state index in [9.17, 15) is 8.42 Å². The van der Waals surface area contributed by atoms with Gasteiger partial charge in [-0.15, -0.1) is 0 Å². The summed E-state index contributed by atoms with van der Waals surface area (Å²) in [5.41, 5.74) is 0.600. The van der Waals surface area contributed by atoms with Crippen LogP contribution in [-0.4, -0.2) is 18.8 Å². The Kier molecular flexibility index (Phi) is 3.76. The average Bonchev–Trinajstić information content (AvgIpc) is 2.16. The highest BCUT2D eigenvalue weighted by Crippen LogP contribution is 2.25. The molecule has 0 aliphatic heterocycles. The Hall–Kier alpha value is -0.580. The van der Waals surface area contributed by atoms with Crippen LogP contribution in [-0.2, 0) is 16.4 Å². The quantitative estimate of drug-likeness (QED) is 0.890. The van der Waals surface area contributed by atoms with Gasteiger partial charge in [-0.05, 0) is 31.5 Å². The van der Waals surface area contributed by atoms with Crippen molar-refractivity contribution < 1.29 is 13.5 Å². The van der Waals surface area contributed by atoms with Crippen LogP contribution < -0.4 is 0 Å². The Morgan fingerprint density at radius 3 is 2.40 bits per heavy atom. The molecule has 1 rings (SSSR count).